The van der Waals surface area contributed by atoms with Gasteiger partial charge < -0.3 is 14.4 Å². The number of carbonyl (C=O) groups is 2. The second kappa shape index (κ2) is 10.5. The molecule has 0 saturated carbocycles. The van der Waals surface area contributed by atoms with Gasteiger partial charge in [0.25, 0.3) is 0 Å². The Kier molecular flexibility index (Phi) is 7.81. The molecular formula is C21H23ClN2O5S. The minimum absolute atomic E-state index is 0.148. The highest BCUT2D eigenvalue weighted by molar-refractivity contribution is 7.98. The fourth-order valence-electron chi connectivity index (χ4n) is 3.17. The summed E-state index contributed by atoms with van der Waals surface area (Å²) < 4.78 is 10.5. The first-order chi connectivity index (χ1) is 14.4. The van der Waals surface area contributed by atoms with Gasteiger partial charge in [0.2, 0.25) is 0 Å². The minimum Gasteiger partial charge on any atom is -0.481 e. The number of rotatable bonds is 9. The number of hydrogen-bond acceptors (Lipinski definition) is 6. The average Bonchev–Trinajstić information content (AvgIpc) is 3.34. The molecule has 160 valence electrons. The molecular weight excluding hydrogens is 428 g/mol. The fraction of sp³-hybridized carbons (Fsp3) is 0.381. The third-order valence-corrected chi connectivity index (χ3v) is 6.19. The number of hydrogen-bond donors (Lipinski definition) is 2. The summed E-state index contributed by atoms with van der Waals surface area (Å²) in [5.74, 6) is 0.497. The SMILES string of the molecule is CC(OC(=O)Nc1conc1-c1ccc(CSCCC(=O)O)cc1)C1=C(Cl)CCC1. The lowest BCUT2D eigenvalue weighted by Gasteiger charge is -2.15. The first-order valence-electron chi connectivity index (χ1n) is 9.62. The number of nitrogens with one attached hydrogen (secondary N) is 1. The van der Waals surface area contributed by atoms with E-state index in [-0.39, 0.29) is 12.5 Å². The smallest absolute Gasteiger partial charge is 0.412 e. The molecule has 1 aromatic carbocycles. The quantitative estimate of drug-likeness (QED) is 0.475. The number of thioether (sulfide) groups is 1. The van der Waals surface area contributed by atoms with Crippen molar-refractivity contribution in [1.82, 2.24) is 5.16 Å². The number of carbonyl (C=O) groups excluding carboxylic acids is 1. The van der Waals surface area contributed by atoms with Gasteiger partial charge in [-0.25, -0.2) is 4.79 Å². The van der Waals surface area contributed by atoms with E-state index in [4.69, 9.17) is 26.0 Å². The van der Waals surface area contributed by atoms with E-state index in [1.54, 1.807) is 11.8 Å². The Bertz CT molecular complexity index is 926. The van der Waals surface area contributed by atoms with Crippen LogP contribution >= 0.6 is 23.4 Å². The molecule has 0 radical (unpaired) electrons. The van der Waals surface area contributed by atoms with Crippen molar-refractivity contribution in [2.75, 3.05) is 11.1 Å². The molecule has 2 N–H and O–H groups in total. The second-order valence-electron chi connectivity index (χ2n) is 6.93. The number of aliphatic carboxylic acids is 1. The Morgan fingerprint density at radius 3 is 2.77 bits per heavy atom. The maximum Gasteiger partial charge on any atom is 0.412 e. The molecule has 1 atom stereocenters. The normalized spacial score (nSPS) is 14.6. The maximum absolute atomic E-state index is 12.3. The summed E-state index contributed by atoms with van der Waals surface area (Å²) >= 11 is 7.75. The second-order valence-corrected chi connectivity index (χ2v) is 8.49. The number of nitrogens with zero attached hydrogens (tertiary/aromatic N) is 1. The number of allylic oxidation sites excluding steroid dienone is 1. The summed E-state index contributed by atoms with van der Waals surface area (Å²) in [6, 6.07) is 7.65. The first-order valence-corrected chi connectivity index (χ1v) is 11.2. The van der Waals surface area contributed by atoms with Crippen molar-refractivity contribution in [1.29, 1.82) is 0 Å². The zero-order valence-corrected chi connectivity index (χ0v) is 18.1. The molecule has 0 fully saturated rings. The van der Waals surface area contributed by atoms with Crippen molar-refractivity contribution in [2.45, 2.75) is 44.5 Å². The number of carboxylic acids is 1. The summed E-state index contributed by atoms with van der Waals surface area (Å²) in [4.78, 5) is 22.9. The highest BCUT2D eigenvalue weighted by atomic mass is 35.5. The number of amides is 1. The van der Waals surface area contributed by atoms with Crippen LogP contribution in [0, 0.1) is 0 Å². The first kappa shape index (κ1) is 22.2. The van der Waals surface area contributed by atoms with Gasteiger partial charge in [0.05, 0.1) is 6.42 Å². The van der Waals surface area contributed by atoms with Crippen molar-refractivity contribution in [2.24, 2.45) is 0 Å². The van der Waals surface area contributed by atoms with Crippen LogP contribution in [0.4, 0.5) is 10.5 Å². The summed E-state index contributed by atoms with van der Waals surface area (Å²) in [6.45, 7) is 1.81. The number of carboxylic acid groups (broad SMARTS) is 1. The van der Waals surface area contributed by atoms with Crippen molar-refractivity contribution in [3.8, 4) is 11.3 Å². The van der Waals surface area contributed by atoms with E-state index < -0.39 is 12.1 Å². The maximum atomic E-state index is 12.3. The molecule has 3 rings (SSSR count). The van der Waals surface area contributed by atoms with E-state index in [1.807, 2.05) is 31.2 Å². The van der Waals surface area contributed by atoms with Crippen LogP contribution in [0.1, 0.15) is 38.2 Å². The average molecular weight is 451 g/mol. The van der Waals surface area contributed by atoms with Crippen LogP contribution in [0.3, 0.4) is 0 Å². The summed E-state index contributed by atoms with van der Waals surface area (Å²) in [6.07, 6.45) is 3.17. The molecule has 0 aliphatic heterocycles. The Balaban J connectivity index is 1.57. The summed E-state index contributed by atoms with van der Waals surface area (Å²) in [5.41, 5.74) is 3.74. The van der Waals surface area contributed by atoms with Gasteiger partial charge in [-0.1, -0.05) is 41.0 Å². The van der Waals surface area contributed by atoms with Crippen LogP contribution in [-0.2, 0) is 15.3 Å². The van der Waals surface area contributed by atoms with Crippen LogP contribution in [-0.4, -0.2) is 34.2 Å². The van der Waals surface area contributed by atoms with Crippen LogP contribution in [0.25, 0.3) is 11.3 Å². The van der Waals surface area contributed by atoms with E-state index in [0.717, 1.165) is 46.7 Å². The Morgan fingerprint density at radius 2 is 2.10 bits per heavy atom. The molecule has 1 aromatic heterocycles. The van der Waals surface area contributed by atoms with E-state index in [0.29, 0.717) is 17.1 Å². The number of ether oxygens (including phenoxy) is 1. The number of aromatic nitrogens is 1. The van der Waals surface area contributed by atoms with Crippen LogP contribution in [0.2, 0.25) is 0 Å². The zero-order chi connectivity index (χ0) is 21.5. The van der Waals surface area contributed by atoms with Gasteiger partial charge in [-0.15, -0.1) is 0 Å². The zero-order valence-electron chi connectivity index (χ0n) is 16.5. The molecule has 0 saturated heterocycles. The summed E-state index contributed by atoms with van der Waals surface area (Å²) in [5, 5.41) is 16.1. The van der Waals surface area contributed by atoms with E-state index >= 15 is 0 Å². The lowest BCUT2D eigenvalue weighted by Crippen LogP contribution is -2.21. The van der Waals surface area contributed by atoms with E-state index in [9.17, 15) is 9.59 Å². The molecule has 1 amide bonds. The van der Waals surface area contributed by atoms with Crippen molar-refractivity contribution >= 4 is 41.1 Å². The summed E-state index contributed by atoms with van der Waals surface area (Å²) in [7, 11) is 0. The molecule has 0 bridgehead atoms. The molecule has 30 heavy (non-hydrogen) atoms. The number of benzene rings is 1. The van der Waals surface area contributed by atoms with Gasteiger partial charge in [-0.2, -0.15) is 11.8 Å². The van der Waals surface area contributed by atoms with Crippen molar-refractivity contribution in [3.05, 3.63) is 46.7 Å². The third-order valence-electron chi connectivity index (χ3n) is 4.73. The van der Waals surface area contributed by atoms with Gasteiger partial charge in [-0.05, 0) is 37.3 Å². The van der Waals surface area contributed by atoms with Gasteiger partial charge in [0, 0.05) is 22.1 Å². The Hall–Kier alpha value is -2.45. The predicted octanol–water partition coefficient (Wildman–Crippen LogP) is 5.66. The molecule has 2 aromatic rings. The highest BCUT2D eigenvalue weighted by Crippen LogP contribution is 2.32. The van der Waals surface area contributed by atoms with Crippen molar-refractivity contribution in [3.63, 3.8) is 0 Å². The van der Waals surface area contributed by atoms with E-state index in [1.165, 1.54) is 6.26 Å². The lowest BCUT2D eigenvalue weighted by atomic mass is 10.1. The number of anilines is 1. The fourth-order valence-corrected chi connectivity index (χ4v) is 4.44. The number of halogens is 1. The molecule has 9 heteroatoms. The molecule has 7 nitrogen and oxygen atoms in total. The van der Waals surface area contributed by atoms with E-state index in [2.05, 4.69) is 10.5 Å². The van der Waals surface area contributed by atoms with Crippen LogP contribution in [0.5, 0.6) is 0 Å². The largest absolute Gasteiger partial charge is 0.481 e. The van der Waals surface area contributed by atoms with Gasteiger partial charge in [0.15, 0.2) is 0 Å². The van der Waals surface area contributed by atoms with Gasteiger partial charge in [0.1, 0.15) is 23.7 Å². The minimum atomic E-state index is -0.792. The van der Waals surface area contributed by atoms with Crippen LogP contribution in [0.15, 0.2) is 45.7 Å². The Labute approximate surface area is 183 Å². The Morgan fingerprint density at radius 1 is 1.33 bits per heavy atom. The van der Waals surface area contributed by atoms with Gasteiger partial charge in [-0.3, -0.25) is 10.1 Å². The molecule has 1 heterocycles. The lowest BCUT2D eigenvalue weighted by molar-refractivity contribution is -0.136. The molecule has 0 spiro atoms. The van der Waals surface area contributed by atoms with Crippen molar-refractivity contribution < 1.29 is 24.0 Å². The highest BCUT2D eigenvalue weighted by Gasteiger charge is 2.22. The van der Waals surface area contributed by atoms with Crippen LogP contribution < -0.4 is 5.32 Å². The van der Waals surface area contributed by atoms with Gasteiger partial charge >= 0.3 is 12.1 Å². The predicted molar refractivity (Wildman–Crippen MR) is 117 cm³/mol. The third kappa shape index (κ3) is 6.03. The standard InChI is InChI=1S/C21H23ClN2O5S/c1-13(16-3-2-4-17(16)22)29-21(27)23-18-11-28-24-20(18)15-7-5-14(6-8-15)12-30-10-9-19(25)26/h5-8,11,13H,2-4,9-10,12H2,1H3,(H,23,27)(H,25,26). The molecule has 1 unspecified atom stereocenters. The monoisotopic (exact) mass is 450 g/mol. The molecule has 1 aliphatic carbocycles. The topological polar surface area (TPSA) is 102 Å². The molecule has 1 aliphatic rings.